The molecule has 3 N–H and O–H groups in total. The number of para-hydroxylation sites is 1. The molecule has 152 valence electrons. The van der Waals surface area contributed by atoms with E-state index in [4.69, 9.17) is 0 Å². The Morgan fingerprint density at radius 1 is 0.839 bits per heavy atom. The molecule has 2 heterocycles. The minimum Gasteiger partial charge on any atom is -0.508 e. The molecule has 0 aliphatic rings. The fourth-order valence-corrected chi connectivity index (χ4v) is 4.51. The molecule has 0 saturated heterocycles. The summed E-state index contributed by atoms with van der Waals surface area (Å²) in [5, 5.41) is 31.8. The lowest BCUT2D eigenvalue weighted by atomic mass is 9.99. The average Bonchev–Trinajstić information content (AvgIpc) is 3.33. The molecule has 0 amide bonds. The molecule has 31 heavy (non-hydrogen) atoms. The van der Waals surface area contributed by atoms with Crippen LogP contribution in [0.4, 0.5) is 0 Å². The van der Waals surface area contributed by atoms with Gasteiger partial charge in [-0.3, -0.25) is 9.36 Å². The number of carbonyl (C=O) groups excluding carboxylic acids is 1. The number of ketones is 1. The van der Waals surface area contributed by atoms with Crippen LogP contribution in [0.15, 0.2) is 78.9 Å². The number of thiazole rings is 1. The minimum absolute atomic E-state index is 0.0337. The largest absolute Gasteiger partial charge is 0.508 e. The maximum Gasteiger partial charge on any atom is 0.242 e. The summed E-state index contributed by atoms with van der Waals surface area (Å²) >= 11 is 1.33. The Labute approximate surface area is 180 Å². The molecule has 0 radical (unpaired) electrons. The Bertz CT molecular complexity index is 1390. The predicted octanol–water partition coefficient (Wildman–Crippen LogP) is 5.10. The second kappa shape index (κ2) is 7.30. The highest BCUT2D eigenvalue weighted by Crippen LogP contribution is 2.45. The first-order valence-corrected chi connectivity index (χ1v) is 10.3. The first kappa shape index (κ1) is 18.9. The van der Waals surface area contributed by atoms with E-state index in [-0.39, 0.29) is 11.3 Å². The van der Waals surface area contributed by atoms with Crippen LogP contribution in [-0.2, 0) is 0 Å². The highest BCUT2D eigenvalue weighted by Gasteiger charge is 2.31. The van der Waals surface area contributed by atoms with Gasteiger partial charge in [-0.25, -0.2) is 4.98 Å². The van der Waals surface area contributed by atoms with Crippen molar-refractivity contribution in [2.75, 3.05) is 0 Å². The number of aromatic nitrogens is 2. The van der Waals surface area contributed by atoms with Crippen molar-refractivity contribution < 1.29 is 20.1 Å². The van der Waals surface area contributed by atoms with Crippen molar-refractivity contribution in [2.24, 2.45) is 0 Å². The average molecular weight is 428 g/mol. The Morgan fingerprint density at radius 3 is 2.23 bits per heavy atom. The molecule has 3 aromatic carbocycles. The van der Waals surface area contributed by atoms with Crippen LogP contribution in [0, 0.1) is 0 Å². The third kappa shape index (κ3) is 3.12. The number of aromatic hydroxyl groups is 3. The molecule has 0 aliphatic carbocycles. The molecule has 5 rings (SSSR count). The van der Waals surface area contributed by atoms with Crippen molar-refractivity contribution in [3.8, 4) is 33.8 Å². The van der Waals surface area contributed by atoms with E-state index >= 15 is 0 Å². The quantitative estimate of drug-likeness (QED) is 0.346. The van der Waals surface area contributed by atoms with Crippen LogP contribution in [0.1, 0.15) is 15.9 Å². The fourth-order valence-electron chi connectivity index (χ4n) is 3.53. The van der Waals surface area contributed by atoms with E-state index < -0.39 is 17.4 Å². The topological polar surface area (TPSA) is 95.6 Å². The Hall–Kier alpha value is -4.10. The number of carbonyl (C=O) groups is 1. The zero-order valence-corrected chi connectivity index (χ0v) is 16.9. The van der Waals surface area contributed by atoms with Gasteiger partial charge in [-0.1, -0.05) is 53.8 Å². The van der Waals surface area contributed by atoms with E-state index in [1.54, 1.807) is 42.5 Å². The molecular formula is C24H16N2O4S. The van der Waals surface area contributed by atoms with Gasteiger partial charge in [0.25, 0.3) is 0 Å². The third-order valence-corrected chi connectivity index (χ3v) is 6.02. The summed E-state index contributed by atoms with van der Waals surface area (Å²) in [7, 11) is 0. The van der Waals surface area contributed by atoms with Crippen LogP contribution in [-0.4, -0.2) is 30.7 Å². The lowest BCUT2D eigenvalue weighted by Crippen LogP contribution is -2.04. The zero-order valence-electron chi connectivity index (χ0n) is 16.1. The van der Waals surface area contributed by atoms with Crippen LogP contribution in [0.3, 0.4) is 0 Å². The molecule has 5 aromatic rings. The molecule has 0 aliphatic heterocycles. The van der Waals surface area contributed by atoms with Gasteiger partial charge < -0.3 is 15.3 Å². The highest BCUT2D eigenvalue weighted by molar-refractivity contribution is 7.20. The molecule has 0 saturated carbocycles. The predicted molar refractivity (Wildman–Crippen MR) is 119 cm³/mol. The van der Waals surface area contributed by atoms with Crippen LogP contribution in [0.25, 0.3) is 26.6 Å². The molecular weight excluding hydrogens is 412 g/mol. The summed E-state index contributed by atoms with van der Waals surface area (Å²) in [6, 6.07) is 22.3. The van der Waals surface area contributed by atoms with E-state index in [0.717, 1.165) is 10.2 Å². The molecule has 0 spiro atoms. The fraction of sp³-hybridized carbons (Fsp3) is 0. The molecule has 0 unspecified atom stereocenters. The molecule has 0 bridgehead atoms. The van der Waals surface area contributed by atoms with E-state index in [1.165, 1.54) is 28.0 Å². The van der Waals surface area contributed by atoms with Gasteiger partial charge in [-0.2, -0.15) is 0 Å². The lowest BCUT2D eigenvalue weighted by Gasteiger charge is -2.09. The minimum atomic E-state index is -0.517. The standard InChI is InChI=1S/C24H16N2O4S/c27-16-12-10-14(11-13-16)20-19(21(28)15-6-2-1-3-7-15)22(29)23(30)26(20)24-25-17-8-4-5-9-18(17)31-24/h1-13,27,29-30H. The van der Waals surface area contributed by atoms with Crippen LogP contribution >= 0.6 is 11.3 Å². The SMILES string of the molecule is O=C(c1ccccc1)c1c(O)c(O)n(-c2nc3ccccc3s2)c1-c1ccc(O)cc1. The summed E-state index contributed by atoms with van der Waals surface area (Å²) in [6.45, 7) is 0. The molecule has 0 atom stereocenters. The maximum absolute atomic E-state index is 13.3. The molecule has 2 aromatic heterocycles. The van der Waals surface area contributed by atoms with Crippen molar-refractivity contribution in [1.29, 1.82) is 0 Å². The van der Waals surface area contributed by atoms with E-state index in [1.807, 2.05) is 24.3 Å². The third-order valence-electron chi connectivity index (χ3n) is 5.00. The van der Waals surface area contributed by atoms with Gasteiger partial charge in [-0.15, -0.1) is 0 Å². The number of phenols is 1. The number of hydrogen-bond donors (Lipinski definition) is 3. The monoisotopic (exact) mass is 428 g/mol. The van der Waals surface area contributed by atoms with Gasteiger partial charge in [0.2, 0.25) is 5.88 Å². The summed E-state index contributed by atoms with van der Waals surface area (Å²) in [5.74, 6) is -1.36. The van der Waals surface area contributed by atoms with E-state index in [2.05, 4.69) is 4.98 Å². The summed E-state index contributed by atoms with van der Waals surface area (Å²) < 4.78 is 2.28. The molecule has 0 fully saturated rings. The van der Waals surface area contributed by atoms with Gasteiger partial charge in [0.1, 0.15) is 5.75 Å². The Balaban J connectivity index is 1.82. The summed E-state index contributed by atoms with van der Waals surface area (Å²) in [6.07, 6.45) is 0. The number of rotatable bonds is 4. The molecule has 6 nitrogen and oxygen atoms in total. The number of benzene rings is 3. The Kier molecular flexibility index (Phi) is 4.45. The number of phenolic OH excluding ortho intramolecular Hbond substituents is 1. The number of hydrogen-bond acceptors (Lipinski definition) is 6. The van der Waals surface area contributed by atoms with Crippen LogP contribution < -0.4 is 0 Å². The van der Waals surface area contributed by atoms with E-state index in [9.17, 15) is 20.1 Å². The zero-order chi connectivity index (χ0) is 21.5. The first-order valence-electron chi connectivity index (χ1n) is 9.46. The van der Waals surface area contributed by atoms with Gasteiger partial charge in [0, 0.05) is 5.56 Å². The van der Waals surface area contributed by atoms with Crippen molar-refractivity contribution >= 4 is 27.3 Å². The van der Waals surface area contributed by atoms with Crippen molar-refractivity contribution in [3.05, 3.63) is 90.0 Å². The number of fused-ring (bicyclic) bond motifs is 1. The van der Waals surface area contributed by atoms with Gasteiger partial charge in [0.15, 0.2) is 16.7 Å². The second-order valence-corrected chi connectivity index (χ2v) is 7.95. The summed E-state index contributed by atoms with van der Waals surface area (Å²) in [5.41, 5.74) is 1.91. The maximum atomic E-state index is 13.3. The summed E-state index contributed by atoms with van der Waals surface area (Å²) in [4.78, 5) is 17.9. The first-order chi connectivity index (χ1) is 15.0. The van der Waals surface area contributed by atoms with Crippen LogP contribution in [0.2, 0.25) is 0 Å². The number of nitrogens with zero attached hydrogens (tertiary/aromatic N) is 2. The van der Waals surface area contributed by atoms with Crippen molar-refractivity contribution in [2.45, 2.75) is 0 Å². The highest BCUT2D eigenvalue weighted by atomic mass is 32.1. The smallest absolute Gasteiger partial charge is 0.242 e. The van der Waals surface area contributed by atoms with Gasteiger partial charge in [0.05, 0.1) is 21.5 Å². The second-order valence-electron chi connectivity index (χ2n) is 6.94. The van der Waals surface area contributed by atoms with Crippen LogP contribution in [0.5, 0.6) is 17.4 Å². The van der Waals surface area contributed by atoms with Gasteiger partial charge >= 0.3 is 0 Å². The molecule has 7 heteroatoms. The normalized spacial score (nSPS) is 11.1. The van der Waals surface area contributed by atoms with Crippen molar-refractivity contribution in [3.63, 3.8) is 0 Å². The van der Waals surface area contributed by atoms with Crippen molar-refractivity contribution in [1.82, 2.24) is 9.55 Å². The Morgan fingerprint density at radius 2 is 1.52 bits per heavy atom. The van der Waals surface area contributed by atoms with Gasteiger partial charge in [-0.05, 0) is 42.0 Å². The van der Waals surface area contributed by atoms with E-state index in [0.29, 0.717) is 22.0 Å². The lowest BCUT2D eigenvalue weighted by molar-refractivity contribution is 0.103.